The van der Waals surface area contributed by atoms with Crippen molar-refractivity contribution in [2.75, 3.05) is 0 Å². The summed E-state index contributed by atoms with van der Waals surface area (Å²) in [6.07, 6.45) is 0. The number of furan rings is 2. The monoisotopic (exact) mass is 800 g/mol. The standard InChI is InChI=1S/C42B24O2/c43-15-7(24(52)36(64)40-12(15)11-17(45)9-10(27(55)39(11)67-40)23(51)33(61)32(60)22(9)50)1-3-5(20(48)30(58)28(56)18(3)46)2(6-4(1)19(47)29(57)31(59)21(6)49)8-16(44)13-14-26(54)34(62)35(63)38(66)42(14)68-41(13)37(65)25(8)53. The highest BCUT2D eigenvalue weighted by molar-refractivity contribution is 6.76. The lowest BCUT2D eigenvalue weighted by Gasteiger charge is -2.31. The Morgan fingerprint density at radius 1 is 0.132 bits per heavy atom. The predicted octanol–water partition coefficient (Wildman–Crippen LogP) is -16.7. The maximum atomic E-state index is 7.32. The van der Waals surface area contributed by atoms with E-state index < -0.39 is 0 Å². The molecule has 0 saturated heterocycles. The minimum absolute atomic E-state index is 0.000578. The van der Waals surface area contributed by atoms with Crippen LogP contribution in [-0.4, -0.2) is 188 Å². The van der Waals surface area contributed by atoms with Gasteiger partial charge in [-0.3, -0.25) is 0 Å². The second-order valence-electron chi connectivity index (χ2n) is 16.7. The first-order valence-corrected chi connectivity index (χ1v) is 20.0. The molecule has 48 radical (unpaired) electrons. The smallest absolute Gasteiger partial charge is 0.128 e. The number of hydrogen-bond donors (Lipinski definition) is 0. The molecule has 0 aliphatic carbocycles. The lowest BCUT2D eigenvalue weighted by molar-refractivity contribution is 0.674. The van der Waals surface area contributed by atoms with E-state index in [1.807, 2.05) is 0 Å². The Morgan fingerprint density at radius 3 is 0.662 bits per heavy atom. The van der Waals surface area contributed by atoms with Crippen molar-refractivity contribution in [1.29, 1.82) is 0 Å². The fourth-order valence-electron chi connectivity index (χ4n) is 9.86. The van der Waals surface area contributed by atoms with Crippen LogP contribution in [0.25, 0.3) is 98.4 Å². The Morgan fingerprint density at radius 2 is 0.338 bits per heavy atom. The molecule has 0 atom stereocenters. The molecule has 0 amide bonds. The molecule has 0 unspecified atom stereocenters. The zero-order valence-electron chi connectivity index (χ0n) is 35.7. The molecule has 2 aromatic heterocycles. The summed E-state index contributed by atoms with van der Waals surface area (Å²) >= 11 is 0. The molecule has 0 aliphatic rings. The summed E-state index contributed by atoms with van der Waals surface area (Å²) < 4.78 is 12.5. The third-order valence-electron chi connectivity index (χ3n) is 13.4. The third kappa shape index (κ3) is 5.70. The zero-order chi connectivity index (χ0) is 49.7. The lowest BCUT2D eigenvalue weighted by atomic mass is 9.57. The van der Waals surface area contributed by atoms with Crippen LogP contribution in [-0.2, 0) is 0 Å². The van der Waals surface area contributed by atoms with Gasteiger partial charge in [0.15, 0.2) is 0 Å². The van der Waals surface area contributed by atoms with Gasteiger partial charge in [-0.15, -0.1) is 43.7 Å². The maximum absolute atomic E-state index is 7.32. The molecule has 2 heterocycles. The van der Waals surface area contributed by atoms with Gasteiger partial charge in [-0.1, -0.05) is 81.9 Å². The van der Waals surface area contributed by atoms with Gasteiger partial charge >= 0.3 is 0 Å². The van der Waals surface area contributed by atoms with Gasteiger partial charge < -0.3 is 8.83 Å². The molecule has 10 rings (SSSR count). The first-order valence-electron chi connectivity index (χ1n) is 20.0. The highest BCUT2D eigenvalue weighted by Crippen LogP contribution is 2.40. The van der Waals surface area contributed by atoms with Gasteiger partial charge in [-0.25, -0.2) is 0 Å². The van der Waals surface area contributed by atoms with Gasteiger partial charge in [-0.2, -0.15) is 0 Å². The number of rotatable bonds is 2. The number of benzene rings is 8. The second kappa shape index (κ2) is 15.6. The third-order valence-corrected chi connectivity index (χ3v) is 13.4. The van der Waals surface area contributed by atoms with Crippen molar-refractivity contribution in [3.63, 3.8) is 0 Å². The largest absolute Gasteiger partial charge is 0.457 e. The van der Waals surface area contributed by atoms with E-state index in [0.29, 0.717) is 0 Å². The minimum atomic E-state index is -0.181. The van der Waals surface area contributed by atoms with Crippen molar-refractivity contribution in [3.05, 3.63) is 0 Å². The average Bonchev–Trinajstić information content (AvgIpc) is 3.92. The molecule has 68 heavy (non-hydrogen) atoms. The lowest BCUT2D eigenvalue weighted by Crippen LogP contribution is -2.50. The van der Waals surface area contributed by atoms with E-state index in [-0.39, 0.29) is 230 Å². The van der Waals surface area contributed by atoms with Crippen LogP contribution in [0.5, 0.6) is 0 Å². The van der Waals surface area contributed by atoms with Crippen LogP contribution >= 0.6 is 0 Å². The Labute approximate surface area is 424 Å². The minimum Gasteiger partial charge on any atom is -0.457 e. The summed E-state index contributed by atoms with van der Waals surface area (Å²) in [5.41, 5.74) is -2.50. The first-order chi connectivity index (χ1) is 31.8. The normalized spacial score (nSPS) is 12.1. The summed E-state index contributed by atoms with van der Waals surface area (Å²) in [6.45, 7) is 0. The van der Waals surface area contributed by atoms with E-state index >= 15 is 0 Å². The van der Waals surface area contributed by atoms with Crippen LogP contribution in [0, 0.1) is 0 Å². The first kappa shape index (κ1) is 47.4. The molecule has 0 spiro atoms. The van der Waals surface area contributed by atoms with Gasteiger partial charge in [0, 0.05) is 21.5 Å². The summed E-state index contributed by atoms with van der Waals surface area (Å²) in [5, 5.41) is 0.942. The number of hydrogen-bond acceptors (Lipinski definition) is 2. The summed E-state index contributed by atoms with van der Waals surface area (Å²) in [6, 6.07) is 0. The fraction of sp³-hybridized carbons (Fsp3) is 0. The Balaban J connectivity index is 1.51. The Hall–Kier alpha value is -4.30. The van der Waals surface area contributed by atoms with E-state index in [1.165, 1.54) is 0 Å². The molecule has 0 bridgehead atoms. The van der Waals surface area contributed by atoms with Crippen LogP contribution < -0.4 is 131 Å². The second-order valence-corrected chi connectivity index (χ2v) is 16.7. The SMILES string of the molecule is [B]c1c([B])c([B])c2c(oc3c([B])c([B])c(-c4c5c([B])c([B])c([B])c([B])c5c(-c5c([B])c([B])c6oc7c([B])c8c([B])c([B])c([B])c([B])c8c([B])c7c6c5[B])c5c([B])c([B])c([B])c([B])c45)c([B])c32)c1[B]. The van der Waals surface area contributed by atoms with E-state index in [4.69, 9.17) is 197 Å². The molecule has 0 fully saturated rings. The van der Waals surface area contributed by atoms with Gasteiger partial charge in [0.25, 0.3) is 0 Å². The quantitative estimate of drug-likeness (QED) is 0.129. The summed E-state index contributed by atoms with van der Waals surface area (Å²) in [5.74, 6) is 0. The maximum Gasteiger partial charge on any atom is 0.128 e. The van der Waals surface area contributed by atoms with Crippen molar-refractivity contribution in [3.8, 4) is 22.3 Å². The van der Waals surface area contributed by atoms with Crippen LogP contribution in [0.4, 0.5) is 0 Å². The summed E-state index contributed by atoms with van der Waals surface area (Å²) in [7, 11) is 162. The average molecular weight is 796 g/mol. The molecule has 8 aromatic carbocycles. The number of fused-ring (bicyclic) bond motifs is 9. The van der Waals surface area contributed by atoms with Crippen molar-refractivity contribution >= 4 is 396 Å². The van der Waals surface area contributed by atoms with Crippen LogP contribution in [0.2, 0.25) is 0 Å². The molecule has 26 heteroatoms. The van der Waals surface area contributed by atoms with E-state index in [2.05, 4.69) is 0 Å². The van der Waals surface area contributed by atoms with E-state index in [1.54, 1.807) is 0 Å². The van der Waals surface area contributed by atoms with Crippen molar-refractivity contribution in [2.24, 2.45) is 0 Å². The topological polar surface area (TPSA) is 26.3 Å². The molecule has 10 aromatic rings. The Bertz CT molecular complexity index is 4050. The fourth-order valence-corrected chi connectivity index (χ4v) is 9.86. The highest BCUT2D eigenvalue weighted by atomic mass is 16.3. The Kier molecular flexibility index (Phi) is 10.9. The highest BCUT2D eigenvalue weighted by Gasteiger charge is 2.31. The molecular weight excluding hydrogens is 796 g/mol. The predicted molar refractivity (Wildman–Crippen MR) is 314 cm³/mol. The molecule has 252 valence electrons. The summed E-state index contributed by atoms with van der Waals surface area (Å²) in [4.78, 5) is 0. The molecule has 2 nitrogen and oxygen atoms in total. The van der Waals surface area contributed by atoms with Crippen molar-refractivity contribution in [2.45, 2.75) is 0 Å². The van der Waals surface area contributed by atoms with Crippen molar-refractivity contribution in [1.82, 2.24) is 0 Å². The van der Waals surface area contributed by atoms with E-state index in [9.17, 15) is 0 Å². The zero-order valence-corrected chi connectivity index (χ0v) is 35.7. The van der Waals surface area contributed by atoms with Gasteiger partial charge in [0.1, 0.15) is 211 Å². The van der Waals surface area contributed by atoms with Gasteiger partial charge in [0.2, 0.25) is 0 Å². The molecular formula is C42B24O2. The van der Waals surface area contributed by atoms with E-state index in [0.717, 1.165) is 0 Å². The van der Waals surface area contributed by atoms with Gasteiger partial charge in [-0.05, 0) is 60.0 Å². The molecule has 0 N–H and O–H groups in total. The van der Waals surface area contributed by atoms with Crippen LogP contribution in [0.1, 0.15) is 0 Å². The van der Waals surface area contributed by atoms with Crippen LogP contribution in [0.15, 0.2) is 8.83 Å². The molecule has 0 saturated carbocycles. The van der Waals surface area contributed by atoms with Crippen LogP contribution in [0.3, 0.4) is 0 Å². The van der Waals surface area contributed by atoms with Crippen molar-refractivity contribution < 1.29 is 8.83 Å². The molecule has 0 aliphatic heterocycles. The van der Waals surface area contributed by atoms with Gasteiger partial charge in [0.05, 0.1) is 0 Å².